The molecule has 2 unspecified atom stereocenters. The summed E-state index contributed by atoms with van der Waals surface area (Å²) in [6, 6.07) is 21.4. The second-order valence-electron chi connectivity index (χ2n) is 7.84. The molecule has 2 heteroatoms. The molecule has 6 rings (SSSR count). The number of benzene rings is 3. The summed E-state index contributed by atoms with van der Waals surface area (Å²) in [5, 5.41) is 2.36. The Kier molecular flexibility index (Phi) is 3.30. The first-order chi connectivity index (χ1) is 13.8. The molecule has 0 amide bonds. The fourth-order valence-corrected chi connectivity index (χ4v) is 4.56. The standard InChI is InChI=1S/C26H20O2/c1-16-5-4-7-21-20-11-9-18(15-25(20)28-26(16)21)13-17-10-12-24-22(14-17)19-6-2-3-8-23(19)27-24/h2-12,14-15,21,26H,13H2,1H3. The highest BCUT2D eigenvalue weighted by Crippen LogP contribution is 2.43. The molecule has 1 aliphatic heterocycles. The maximum absolute atomic E-state index is 6.28. The van der Waals surface area contributed by atoms with Gasteiger partial charge in [0.2, 0.25) is 0 Å². The molecule has 4 aromatic rings. The van der Waals surface area contributed by atoms with E-state index < -0.39 is 0 Å². The lowest BCUT2D eigenvalue weighted by Gasteiger charge is -2.19. The van der Waals surface area contributed by atoms with Crippen LogP contribution in [0, 0.1) is 0 Å². The minimum absolute atomic E-state index is 0.156. The summed E-state index contributed by atoms with van der Waals surface area (Å²) >= 11 is 0. The zero-order valence-electron chi connectivity index (χ0n) is 15.7. The highest BCUT2D eigenvalue weighted by atomic mass is 16.5. The summed E-state index contributed by atoms with van der Waals surface area (Å²) in [6.07, 6.45) is 7.59. The molecule has 1 aliphatic carbocycles. The van der Waals surface area contributed by atoms with Crippen molar-refractivity contribution in [2.45, 2.75) is 25.4 Å². The molecule has 0 saturated carbocycles. The van der Waals surface area contributed by atoms with E-state index in [0.717, 1.165) is 23.3 Å². The van der Waals surface area contributed by atoms with Crippen molar-refractivity contribution in [3.63, 3.8) is 0 Å². The molecule has 0 bridgehead atoms. The van der Waals surface area contributed by atoms with Crippen molar-refractivity contribution in [3.05, 3.63) is 101 Å². The van der Waals surface area contributed by atoms with Gasteiger partial charge in [-0.2, -0.15) is 0 Å². The van der Waals surface area contributed by atoms with E-state index in [1.165, 1.54) is 33.0 Å². The van der Waals surface area contributed by atoms with Gasteiger partial charge in [-0.25, -0.2) is 0 Å². The first-order valence-electron chi connectivity index (χ1n) is 9.81. The second kappa shape index (κ2) is 5.87. The zero-order chi connectivity index (χ0) is 18.7. The van der Waals surface area contributed by atoms with E-state index in [2.05, 4.69) is 73.7 Å². The number of hydrogen-bond acceptors (Lipinski definition) is 2. The molecule has 136 valence electrons. The Balaban J connectivity index is 1.35. The van der Waals surface area contributed by atoms with Crippen molar-refractivity contribution >= 4 is 21.9 Å². The number of rotatable bonds is 2. The summed E-state index contributed by atoms with van der Waals surface area (Å²) in [6.45, 7) is 2.15. The Morgan fingerprint density at radius 3 is 2.64 bits per heavy atom. The topological polar surface area (TPSA) is 22.4 Å². The fraction of sp³-hybridized carbons (Fsp3) is 0.154. The minimum Gasteiger partial charge on any atom is -0.485 e. The third kappa shape index (κ3) is 2.34. The molecule has 28 heavy (non-hydrogen) atoms. The van der Waals surface area contributed by atoms with Crippen LogP contribution in [0.15, 0.2) is 88.9 Å². The molecular weight excluding hydrogens is 344 g/mol. The molecule has 0 spiro atoms. The van der Waals surface area contributed by atoms with Crippen molar-refractivity contribution in [1.29, 1.82) is 0 Å². The molecule has 2 heterocycles. The smallest absolute Gasteiger partial charge is 0.135 e. The maximum Gasteiger partial charge on any atom is 0.135 e. The van der Waals surface area contributed by atoms with Gasteiger partial charge in [0.1, 0.15) is 23.0 Å². The van der Waals surface area contributed by atoms with Gasteiger partial charge in [0.15, 0.2) is 0 Å². The van der Waals surface area contributed by atoms with Crippen LogP contribution < -0.4 is 4.74 Å². The van der Waals surface area contributed by atoms with E-state index in [-0.39, 0.29) is 6.10 Å². The van der Waals surface area contributed by atoms with E-state index in [4.69, 9.17) is 9.15 Å². The average molecular weight is 364 g/mol. The average Bonchev–Trinajstić information content (AvgIpc) is 3.27. The van der Waals surface area contributed by atoms with Gasteiger partial charge < -0.3 is 9.15 Å². The van der Waals surface area contributed by atoms with Crippen LogP contribution in [0.3, 0.4) is 0 Å². The lowest BCUT2D eigenvalue weighted by Crippen LogP contribution is -2.20. The third-order valence-electron chi connectivity index (χ3n) is 5.99. The van der Waals surface area contributed by atoms with Gasteiger partial charge >= 0.3 is 0 Å². The van der Waals surface area contributed by atoms with Crippen LogP contribution in [-0.4, -0.2) is 6.10 Å². The fourth-order valence-electron chi connectivity index (χ4n) is 4.56. The molecule has 3 aromatic carbocycles. The molecule has 0 N–H and O–H groups in total. The van der Waals surface area contributed by atoms with E-state index in [9.17, 15) is 0 Å². The van der Waals surface area contributed by atoms with Gasteiger partial charge in [-0.05, 0) is 54.3 Å². The predicted octanol–water partition coefficient (Wildman–Crippen LogP) is 6.54. The summed E-state index contributed by atoms with van der Waals surface area (Å²) in [4.78, 5) is 0. The summed E-state index contributed by atoms with van der Waals surface area (Å²) < 4.78 is 12.2. The zero-order valence-corrected chi connectivity index (χ0v) is 15.7. The van der Waals surface area contributed by atoms with Crippen LogP contribution in [0.1, 0.15) is 29.5 Å². The molecular formula is C26H20O2. The number of hydrogen-bond donors (Lipinski definition) is 0. The van der Waals surface area contributed by atoms with Crippen molar-refractivity contribution in [1.82, 2.24) is 0 Å². The van der Waals surface area contributed by atoms with Gasteiger partial charge in [-0.1, -0.05) is 54.6 Å². The molecule has 2 aliphatic rings. The molecule has 2 atom stereocenters. The van der Waals surface area contributed by atoms with Crippen LogP contribution in [-0.2, 0) is 6.42 Å². The third-order valence-corrected chi connectivity index (χ3v) is 5.99. The predicted molar refractivity (Wildman–Crippen MR) is 113 cm³/mol. The molecule has 2 nitrogen and oxygen atoms in total. The highest BCUT2D eigenvalue weighted by Gasteiger charge is 2.34. The Hall–Kier alpha value is -3.26. The van der Waals surface area contributed by atoms with E-state index in [1.807, 2.05) is 12.1 Å². The number of para-hydroxylation sites is 1. The normalized spacial score (nSPS) is 20.1. The Labute approximate surface area is 163 Å². The number of furan rings is 1. The second-order valence-corrected chi connectivity index (χ2v) is 7.84. The number of allylic oxidation sites excluding steroid dienone is 2. The van der Waals surface area contributed by atoms with E-state index >= 15 is 0 Å². The lowest BCUT2D eigenvalue weighted by molar-refractivity contribution is 0.255. The molecule has 0 radical (unpaired) electrons. The van der Waals surface area contributed by atoms with Crippen LogP contribution in [0.5, 0.6) is 5.75 Å². The van der Waals surface area contributed by atoms with E-state index in [0.29, 0.717) is 5.92 Å². The Morgan fingerprint density at radius 1 is 0.857 bits per heavy atom. The first-order valence-corrected chi connectivity index (χ1v) is 9.81. The number of fused-ring (bicyclic) bond motifs is 6. The van der Waals surface area contributed by atoms with Gasteiger partial charge in [0.25, 0.3) is 0 Å². The van der Waals surface area contributed by atoms with Gasteiger partial charge in [-0.3, -0.25) is 0 Å². The Bertz CT molecular complexity index is 1290. The van der Waals surface area contributed by atoms with Crippen molar-refractivity contribution in [2.75, 3.05) is 0 Å². The molecule has 0 fully saturated rings. The van der Waals surface area contributed by atoms with Crippen LogP contribution in [0.4, 0.5) is 0 Å². The summed E-state index contributed by atoms with van der Waals surface area (Å²) in [7, 11) is 0. The Morgan fingerprint density at radius 2 is 1.68 bits per heavy atom. The van der Waals surface area contributed by atoms with Crippen molar-refractivity contribution in [2.24, 2.45) is 0 Å². The van der Waals surface area contributed by atoms with Gasteiger partial charge in [0.05, 0.1) is 0 Å². The largest absolute Gasteiger partial charge is 0.485 e. The van der Waals surface area contributed by atoms with Crippen LogP contribution in [0.25, 0.3) is 21.9 Å². The van der Waals surface area contributed by atoms with Crippen molar-refractivity contribution < 1.29 is 9.15 Å². The molecule has 1 aromatic heterocycles. The first kappa shape index (κ1) is 15.8. The van der Waals surface area contributed by atoms with Crippen LogP contribution in [0.2, 0.25) is 0 Å². The van der Waals surface area contributed by atoms with E-state index in [1.54, 1.807) is 0 Å². The van der Waals surface area contributed by atoms with Crippen molar-refractivity contribution in [3.8, 4) is 5.75 Å². The molecule has 0 saturated heterocycles. The van der Waals surface area contributed by atoms with Crippen LogP contribution >= 0.6 is 0 Å². The van der Waals surface area contributed by atoms with Gasteiger partial charge in [-0.15, -0.1) is 0 Å². The monoisotopic (exact) mass is 364 g/mol. The lowest BCUT2D eigenvalue weighted by atomic mass is 9.87. The maximum atomic E-state index is 6.28. The van der Waals surface area contributed by atoms with Gasteiger partial charge in [0, 0.05) is 22.3 Å². The minimum atomic E-state index is 0.156. The number of ether oxygens (including phenoxy) is 1. The summed E-state index contributed by atoms with van der Waals surface area (Å²) in [5.74, 6) is 1.38. The summed E-state index contributed by atoms with van der Waals surface area (Å²) in [5.41, 5.74) is 7.04. The quantitative estimate of drug-likeness (QED) is 0.403. The SMILES string of the molecule is CC1=CC=CC2c3ccc(Cc4ccc5oc6ccccc6c5c4)cc3OC12. The highest BCUT2D eigenvalue weighted by molar-refractivity contribution is 6.05.